The highest BCUT2D eigenvalue weighted by Gasteiger charge is 2.30. The van der Waals surface area contributed by atoms with Crippen molar-refractivity contribution in [3.8, 4) is 17.2 Å². The predicted octanol–water partition coefficient (Wildman–Crippen LogP) is 3.69. The normalized spacial score (nSPS) is 21.0. The number of aromatic hydroxyl groups is 2. The molecule has 2 atom stereocenters. The van der Waals surface area contributed by atoms with Crippen molar-refractivity contribution in [3.63, 3.8) is 0 Å². The Morgan fingerprint density at radius 3 is 2.57 bits per heavy atom. The number of aromatic nitrogens is 3. The van der Waals surface area contributed by atoms with Crippen molar-refractivity contribution >= 4 is 0 Å². The van der Waals surface area contributed by atoms with E-state index in [1.165, 1.54) is 22.9 Å². The van der Waals surface area contributed by atoms with Gasteiger partial charge in [0.25, 0.3) is 0 Å². The lowest BCUT2D eigenvalue weighted by molar-refractivity contribution is 0.406. The van der Waals surface area contributed by atoms with Gasteiger partial charge in [0, 0.05) is 23.6 Å². The van der Waals surface area contributed by atoms with Crippen LogP contribution in [0.1, 0.15) is 38.2 Å². The number of allylic oxidation sites excluding steroid dienone is 3. The summed E-state index contributed by atoms with van der Waals surface area (Å²) in [7, 11) is 0. The summed E-state index contributed by atoms with van der Waals surface area (Å²) in [4.78, 5) is 3.88. The van der Waals surface area contributed by atoms with E-state index in [4.69, 9.17) is 0 Å². The Morgan fingerprint density at radius 2 is 2.00 bits per heavy atom. The minimum Gasteiger partial charge on any atom is -0.507 e. The molecule has 0 unspecified atom stereocenters. The summed E-state index contributed by atoms with van der Waals surface area (Å²) < 4.78 is 1.50. The molecule has 1 heterocycles. The van der Waals surface area contributed by atoms with E-state index in [0.29, 0.717) is 11.3 Å². The number of hydrogen-bond donors (Lipinski definition) is 2. The van der Waals surface area contributed by atoms with E-state index in [-0.39, 0.29) is 23.3 Å². The number of benzene rings is 1. The second-order valence-electron chi connectivity index (χ2n) is 6.27. The molecule has 120 valence electrons. The SMILES string of the molecule is C=C(C)[C@@H]1CCC(C)=C[C@H]1c1c(O)cc(-n2cncn2)cc1O. The van der Waals surface area contributed by atoms with Crippen molar-refractivity contribution in [2.75, 3.05) is 0 Å². The summed E-state index contributed by atoms with van der Waals surface area (Å²) in [6.45, 7) is 8.17. The molecule has 0 bridgehead atoms. The lowest BCUT2D eigenvalue weighted by Gasteiger charge is -2.31. The fourth-order valence-electron chi connectivity index (χ4n) is 3.33. The lowest BCUT2D eigenvalue weighted by atomic mass is 9.74. The maximum atomic E-state index is 10.5. The van der Waals surface area contributed by atoms with Gasteiger partial charge in [0.1, 0.15) is 24.2 Å². The minimum absolute atomic E-state index is 0.0638. The van der Waals surface area contributed by atoms with Crippen LogP contribution in [0.25, 0.3) is 5.69 Å². The molecular formula is C18H21N3O2. The average Bonchev–Trinajstić information content (AvgIpc) is 3.00. The molecule has 3 rings (SSSR count). The maximum absolute atomic E-state index is 10.5. The van der Waals surface area contributed by atoms with Crippen LogP contribution in [0.2, 0.25) is 0 Å². The monoisotopic (exact) mass is 311 g/mol. The van der Waals surface area contributed by atoms with Crippen LogP contribution in [0.5, 0.6) is 11.5 Å². The Morgan fingerprint density at radius 1 is 1.30 bits per heavy atom. The standard InChI is InChI=1S/C18H21N3O2/c1-11(2)14-5-4-12(3)6-15(14)18-16(22)7-13(8-17(18)23)21-10-19-9-20-21/h6-10,14-15,22-23H,1,4-5H2,2-3H3/t14-,15+/m0/s1. The van der Waals surface area contributed by atoms with Crippen LogP contribution in [0.15, 0.2) is 48.6 Å². The van der Waals surface area contributed by atoms with Gasteiger partial charge in [-0.15, -0.1) is 0 Å². The van der Waals surface area contributed by atoms with E-state index in [2.05, 4.69) is 29.7 Å². The van der Waals surface area contributed by atoms with E-state index in [1.54, 1.807) is 12.1 Å². The molecule has 1 aliphatic carbocycles. The number of phenolic OH excluding ortho intramolecular Hbond substituents is 2. The summed E-state index contributed by atoms with van der Waals surface area (Å²) >= 11 is 0. The van der Waals surface area contributed by atoms with Crippen LogP contribution in [0.3, 0.4) is 0 Å². The molecule has 0 amide bonds. The van der Waals surface area contributed by atoms with Crippen molar-refractivity contribution in [1.29, 1.82) is 0 Å². The third kappa shape index (κ3) is 2.86. The van der Waals surface area contributed by atoms with Gasteiger partial charge in [0.2, 0.25) is 0 Å². The zero-order valence-corrected chi connectivity index (χ0v) is 13.4. The van der Waals surface area contributed by atoms with Crippen LogP contribution < -0.4 is 0 Å². The highest BCUT2D eigenvalue weighted by atomic mass is 16.3. The first-order valence-corrected chi connectivity index (χ1v) is 7.71. The van der Waals surface area contributed by atoms with Crippen molar-refractivity contribution in [2.24, 2.45) is 5.92 Å². The second kappa shape index (κ2) is 5.91. The molecule has 0 radical (unpaired) electrons. The van der Waals surface area contributed by atoms with E-state index in [1.807, 2.05) is 6.92 Å². The third-order valence-electron chi connectivity index (χ3n) is 4.52. The van der Waals surface area contributed by atoms with Gasteiger partial charge in [-0.1, -0.05) is 23.8 Å². The van der Waals surface area contributed by atoms with Gasteiger partial charge in [-0.05, 0) is 32.6 Å². The van der Waals surface area contributed by atoms with Crippen molar-refractivity contribution < 1.29 is 10.2 Å². The van der Waals surface area contributed by atoms with Gasteiger partial charge >= 0.3 is 0 Å². The Hall–Kier alpha value is -2.56. The summed E-state index contributed by atoms with van der Waals surface area (Å²) in [6, 6.07) is 3.22. The highest BCUT2D eigenvalue weighted by Crippen LogP contribution is 2.46. The van der Waals surface area contributed by atoms with Crippen LogP contribution >= 0.6 is 0 Å². The molecule has 1 aromatic heterocycles. The van der Waals surface area contributed by atoms with Crippen molar-refractivity contribution in [3.05, 3.63) is 54.2 Å². The lowest BCUT2D eigenvalue weighted by Crippen LogP contribution is -2.17. The van der Waals surface area contributed by atoms with E-state index < -0.39 is 0 Å². The molecule has 2 aromatic rings. The Labute approximate surface area is 135 Å². The number of hydrogen-bond acceptors (Lipinski definition) is 4. The zero-order valence-electron chi connectivity index (χ0n) is 13.4. The van der Waals surface area contributed by atoms with Crippen LogP contribution in [-0.4, -0.2) is 25.0 Å². The molecule has 0 fully saturated rings. The molecule has 0 aliphatic heterocycles. The minimum atomic E-state index is -0.0638. The molecule has 0 saturated heterocycles. The molecule has 5 nitrogen and oxygen atoms in total. The smallest absolute Gasteiger partial charge is 0.138 e. The first kappa shape index (κ1) is 15.3. The maximum Gasteiger partial charge on any atom is 0.138 e. The molecule has 1 aliphatic rings. The van der Waals surface area contributed by atoms with Gasteiger partial charge in [0.05, 0.1) is 5.69 Å². The van der Waals surface area contributed by atoms with Gasteiger partial charge in [-0.25, -0.2) is 9.67 Å². The molecule has 0 saturated carbocycles. The largest absolute Gasteiger partial charge is 0.507 e. The van der Waals surface area contributed by atoms with Gasteiger partial charge in [-0.3, -0.25) is 0 Å². The van der Waals surface area contributed by atoms with Gasteiger partial charge < -0.3 is 10.2 Å². The number of phenols is 2. The van der Waals surface area contributed by atoms with Crippen LogP contribution in [-0.2, 0) is 0 Å². The van der Waals surface area contributed by atoms with Crippen molar-refractivity contribution in [1.82, 2.24) is 14.8 Å². The first-order chi connectivity index (χ1) is 11.0. The summed E-state index contributed by atoms with van der Waals surface area (Å²) in [6.07, 6.45) is 7.06. The quantitative estimate of drug-likeness (QED) is 0.848. The molecule has 23 heavy (non-hydrogen) atoms. The van der Waals surface area contributed by atoms with Crippen LogP contribution in [0.4, 0.5) is 0 Å². The second-order valence-corrected chi connectivity index (χ2v) is 6.27. The first-order valence-electron chi connectivity index (χ1n) is 7.71. The predicted molar refractivity (Wildman–Crippen MR) is 88.7 cm³/mol. The fraction of sp³-hybridized carbons (Fsp3) is 0.333. The van der Waals surface area contributed by atoms with Gasteiger partial charge in [0.15, 0.2) is 0 Å². The topological polar surface area (TPSA) is 71.2 Å². The van der Waals surface area contributed by atoms with E-state index >= 15 is 0 Å². The molecule has 5 heteroatoms. The zero-order chi connectivity index (χ0) is 16.6. The molecular weight excluding hydrogens is 290 g/mol. The van der Waals surface area contributed by atoms with E-state index in [9.17, 15) is 10.2 Å². The molecule has 1 aromatic carbocycles. The van der Waals surface area contributed by atoms with E-state index in [0.717, 1.165) is 18.4 Å². The molecule has 0 spiro atoms. The Balaban J connectivity index is 2.08. The average molecular weight is 311 g/mol. The fourth-order valence-corrected chi connectivity index (χ4v) is 3.33. The van der Waals surface area contributed by atoms with Crippen LogP contribution in [0, 0.1) is 5.92 Å². The Bertz CT molecular complexity index is 740. The Kier molecular flexibility index (Phi) is 3.94. The summed E-state index contributed by atoms with van der Waals surface area (Å²) in [5, 5.41) is 25.1. The third-order valence-corrected chi connectivity index (χ3v) is 4.52. The number of nitrogens with zero attached hydrogens (tertiary/aromatic N) is 3. The molecule has 2 N–H and O–H groups in total. The van der Waals surface area contributed by atoms with Gasteiger partial charge in [-0.2, -0.15) is 5.10 Å². The highest BCUT2D eigenvalue weighted by molar-refractivity contribution is 5.55. The number of rotatable bonds is 3. The van der Waals surface area contributed by atoms with Crippen molar-refractivity contribution in [2.45, 2.75) is 32.6 Å². The summed E-state index contributed by atoms with van der Waals surface area (Å²) in [5.74, 6) is 0.286. The summed E-state index contributed by atoms with van der Waals surface area (Å²) in [5.41, 5.74) is 3.47.